The number of halogens is 1. The van der Waals surface area contributed by atoms with Gasteiger partial charge < -0.3 is 0 Å². The Labute approximate surface area is 183 Å². The summed E-state index contributed by atoms with van der Waals surface area (Å²) in [6, 6.07) is 6.75. The van der Waals surface area contributed by atoms with Crippen molar-refractivity contribution in [3.63, 3.8) is 0 Å². The highest BCUT2D eigenvalue weighted by Crippen LogP contribution is 2.56. The monoisotopic (exact) mass is 471 g/mol. The van der Waals surface area contributed by atoms with Gasteiger partial charge in [0.25, 0.3) is 5.91 Å². The van der Waals surface area contributed by atoms with E-state index in [2.05, 4.69) is 46.3 Å². The summed E-state index contributed by atoms with van der Waals surface area (Å²) in [5.41, 5.74) is 3.78. The molecule has 28 heavy (non-hydrogen) atoms. The third-order valence-electron chi connectivity index (χ3n) is 7.46. The standard InChI is InChI=1S/C23H22BrNOS2/c24-19-2-1-15-4-14(5-16(15)11-19)10-20-22(26)25(23(27)28-20)21-17-6-12-3-13(8-17)9-18(21)7-12/h1-2,5,10-13,17-18,21H,3-4,6-9H2/b20-10-. The predicted octanol–water partition coefficient (Wildman–Crippen LogP) is 5.96. The van der Waals surface area contributed by atoms with Gasteiger partial charge in [0.05, 0.1) is 4.91 Å². The first-order valence-electron chi connectivity index (χ1n) is 10.3. The van der Waals surface area contributed by atoms with Gasteiger partial charge in [-0.2, -0.15) is 0 Å². The number of amides is 1. The molecule has 0 aromatic heterocycles. The molecule has 0 spiro atoms. The second-order valence-corrected chi connectivity index (χ2v) is 11.8. The number of fused-ring (bicyclic) bond motifs is 1. The summed E-state index contributed by atoms with van der Waals surface area (Å²) in [6.07, 6.45) is 11.9. The lowest BCUT2D eigenvalue weighted by molar-refractivity contribution is -0.130. The third-order valence-corrected chi connectivity index (χ3v) is 9.28. The Morgan fingerprint density at radius 2 is 1.82 bits per heavy atom. The average molecular weight is 472 g/mol. The molecule has 144 valence electrons. The van der Waals surface area contributed by atoms with Crippen LogP contribution in [0.1, 0.15) is 43.2 Å². The van der Waals surface area contributed by atoms with E-state index >= 15 is 0 Å². The maximum atomic E-state index is 13.4. The summed E-state index contributed by atoms with van der Waals surface area (Å²) in [7, 11) is 0. The van der Waals surface area contributed by atoms with E-state index in [0.29, 0.717) is 17.9 Å². The number of benzene rings is 1. The molecule has 0 radical (unpaired) electrons. The van der Waals surface area contributed by atoms with Gasteiger partial charge in [-0.05, 0) is 97.1 Å². The molecule has 1 heterocycles. The van der Waals surface area contributed by atoms with Crippen molar-refractivity contribution in [2.24, 2.45) is 23.7 Å². The lowest BCUT2D eigenvalue weighted by Crippen LogP contribution is -2.57. The molecule has 5 heteroatoms. The summed E-state index contributed by atoms with van der Waals surface area (Å²) >= 11 is 10.8. The summed E-state index contributed by atoms with van der Waals surface area (Å²) in [6.45, 7) is 0. The zero-order valence-electron chi connectivity index (χ0n) is 15.6. The van der Waals surface area contributed by atoms with Crippen molar-refractivity contribution >= 4 is 56.2 Å². The van der Waals surface area contributed by atoms with E-state index in [-0.39, 0.29) is 5.91 Å². The smallest absolute Gasteiger partial charge is 0.266 e. The Bertz CT molecular complexity index is 937. The minimum atomic E-state index is 0.158. The molecule has 6 aliphatic rings. The van der Waals surface area contributed by atoms with Crippen molar-refractivity contribution < 1.29 is 4.79 Å². The largest absolute Gasteiger partial charge is 0.289 e. The number of carbonyl (C=O) groups is 1. The summed E-state index contributed by atoms with van der Waals surface area (Å²) in [5.74, 6) is 3.32. The van der Waals surface area contributed by atoms with Crippen molar-refractivity contribution in [2.45, 2.75) is 44.6 Å². The van der Waals surface area contributed by atoms with Crippen LogP contribution in [0.15, 0.2) is 39.2 Å². The van der Waals surface area contributed by atoms with Crippen LogP contribution in [0.2, 0.25) is 0 Å². The molecule has 1 aromatic carbocycles. The Kier molecular flexibility index (Phi) is 4.19. The van der Waals surface area contributed by atoms with E-state index < -0.39 is 0 Å². The second-order valence-electron chi connectivity index (χ2n) is 9.21. The van der Waals surface area contributed by atoms with Crippen LogP contribution in [-0.2, 0) is 11.2 Å². The van der Waals surface area contributed by atoms with Gasteiger partial charge in [0.2, 0.25) is 0 Å². The van der Waals surface area contributed by atoms with Crippen LogP contribution in [0.3, 0.4) is 0 Å². The minimum absolute atomic E-state index is 0.158. The maximum absolute atomic E-state index is 13.4. The van der Waals surface area contributed by atoms with E-state index in [1.807, 2.05) is 4.90 Å². The van der Waals surface area contributed by atoms with Gasteiger partial charge in [-0.1, -0.05) is 52.1 Å². The molecule has 0 N–H and O–H groups in total. The first-order chi connectivity index (χ1) is 13.5. The second kappa shape index (κ2) is 6.55. The number of hydrogen-bond donors (Lipinski definition) is 0. The van der Waals surface area contributed by atoms with Crippen molar-refractivity contribution in [2.75, 3.05) is 0 Å². The molecular weight excluding hydrogens is 450 g/mol. The molecule has 5 fully saturated rings. The lowest BCUT2D eigenvalue weighted by Gasteiger charge is -2.56. The Morgan fingerprint density at radius 3 is 2.54 bits per heavy atom. The Hall–Kier alpha value is -0.910. The zero-order chi connectivity index (χ0) is 19.0. The molecule has 1 aromatic rings. The molecule has 7 rings (SSSR count). The normalized spacial score (nSPS) is 37.2. The number of thiocarbonyl (C=S) groups is 1. The van der Waals surface area contributed by atoms with Crippen LogP contribution in [0.25, 0.3) is 6.08 Å². The quantitative estimate of drug-likeness (QED) is 0.392. The number of hydrogen-bond acceptors (Lipinski definition) is 3. The molecule has 2 nitrogen and oxygen atoms in total. The van der Waals surface area contributed by atoms with Crippen LogP contribution in [0.5, 0.6) is 0 Å². The van der Waals surface area contributed by atoms with E-state index in [9.17, 15) is 4.79 Å². The molecule has 1 saturated heterocycles. The van der Waals surface area contributed by atoms with Gasteiger partial charge in [0.15, 0.2) is 0 Å². The van der Waals surface area contributed by atoms with Gasteiger partial charge in [-0.3, -0.25) is 9.69 Å². The fraction of sp³-hybridized carbons (Fsp3) is 0.478. The van der Waals surface area contributed by atoms with Crippen LogP contribution in [-0.4, -0.2) is 21.2 Å². The number of allylic oxidation sites excluding steroid dienone is 2. The number of thioether (sulfide) groups is 1. The van der Waals surface area contributed by atoms with Crippen molar-refractivity contribution in [3.05, 3.63) is 50.4 Å². The van der Waals surface area contributed by atoms with E-state index in [4.69, 9.17) is 12.2 Å². The summed E-state index contributed by atoms with van der Waals surface area (Å²) in [5, 5.41) is 0. The van der Waals surface area contributed by atoms with Gasteiger partial charge in [0.1, 0.15) is 4.32 Å². The molecule has 4 bridgehead atoms. The van der Waals surface area contributed by atoms with Crippen molar-refractivity contribution in [3.8, 4) is 0 Å². The van der Waals surface area contributed by atoms with E-state index in [1.165, 1.54) is 60.6 Å². The predicted molar refractivity (Wildman–Crippen MR) is 122 cm³/mol. The first-order valence-corrected chi connectivity index (χ1v) is 12.3. The number of nitrogens with zero attached hydrogens (tertiary/aromatic N) is 1. The molecular formula is C23H22BrNOS2. The highest BCUT2D eigenvalue weighted by Gasteiger charge is 2.53. The van der Waals surface area contributed by atoms with Crippen LogP contribution in [0, 0.1) is 23.7 Å². The Morgan fingerprint density at radius 1 is 1.11 bits per heavy atom. The highest BCUT2D eigenvalue weighted by atomic mass is 79.9. The number of carbonyl (C=O) groups excluding carboxylic acids is 1. The fourth-order valence-corrected chi connectivity index (χ4v) is 8.39. The topological polar surface area (TPSA) is 20.3 Å². The van der Waals surface area contributed by atoms with Crippen molar-refractivity contribution in [1.82, 2.24) is 4.90 Å². The van der Waals surface area contributed by atoms with E-state index in [0.717, 1.165) is 32.0 Å². The molecule has 1 amide bonds. The highest BCUT2D eigenvalue weighted by molar-refractivity contribution is 9.10. The van der Waals surface area contributed by atoms with Gasteiger partial charge in [-0.25, -0.2) is 0 Å². The van der Waals surface area contributed by atoms with Gasteiger partial charge in [0, 0.05) is 10.5 Å². The molecule has 0 unspecified atom stereocenters. The van der Waals surface area contributed by atoms with E-state index in [1.54, 1.807) is 0 Å². The lowest BCUT2D eigenvalue weighted by atomic mass is 9.54. The maximum Gasteiger partial charge on any atom is 0.266 e. The van der Waals surface area contributed by atoms with Crippen LogP contribution >= 0.6 is 39.9 Å². The molecule has 0 atom stereocenters. The Balaban J connectivity index is 1.27. The van der Waals surface area contributed by atoms with Crippen LogP contribution < -0.4 is 0 Å². The fourth-order valence-electron chi connectivity index (χ4n) is 6.65. The minimum Gasteiger partial charge on any atom is -0.289 e. The average Bonchev–Trinajstić information content (AvgIpc) is 3.15. The molecule has 5 aliphatic carbocycles. The summed E-state index contributed by atoms with van der Waals surface area (Å²) in [4.78, 5) is 16.2. The van der Waals surface area contributed by atoms with Crippen molar-refractivity contribution in [1.29, 1.82) is 0 Å². The molecule has 1 aliphatic heterocycles. The first kappa shape index (κ1) is 17.9. The third kappa shape index (κ3) is 2.80. The summed E-state index contributed by atoms with van der Waals surface area (Å²) < 4.78 is 1.88. The molecule has 4 saturated carbocycles. The van der Waals surface area contributed by atoms with Crippen LogP contribution in [0.4, 0.5) is 0 Å². The van der Waals surface area contributed by atoms with Gasteiger partial charge >= 0.3 is 0 Å². The van der Waals surface area contributed by atoms with Gasteiger partial charge in [-0.15, -0.1) is 0 Å². The SMILES string of the molecule is O=C1/C(=C/C2=Cc3cc(Br)ccc3C2)SC(=S)N1C1C2CC3CC(C2)CC1C3. The number of rotatable bonds is 2. The zero-order valence-corrected chi connectivity index (χ0v) is 18.8.